The lowest BCUT2D eigenvalue weighted by molar-refractivity contribution is 0.0784. The molecule has 2 rings (SSSR count). The molecule has 2 N–H and O–H groups in total. The molecule has 4 heteroatoms. The fourth-order valence-corrected chi connectivity index (χ4v) is 2.02. The molecule has 0 saturated carbocycles. The molecular formula is C17H18N2O2. The van der Waals surface area contributed by atoms with Crippen LogP contribution in [-0.2, 0) is 6.54 Å². The summed E-state index contributed by atoms with van der Waals surface area (Å²) in [5.74, 6) is 5.68. The van der Waals surface area contributed by atoms with E-state index in [9.17, 15) is 4.79 Å². The molecule has 0 aliphatic rings. The number of nitrogens with two attached hydrogens (primary N) is 1. The molecule has 108 valence electrons. The average Bonchev–Trinajstić information content (AvgIpc) is 2.98. The Kier molecular flexibility index (Phi) is 4.81. The number of amides is 1. The zero-order valence-corrected chi connectivity index (χ0v) is 12.2. The van der Waals surface area contributed by atoms with Gasteiger partial charge in [0.05, 0.1) is 24.6 Å². The van der Waals surface area contributed by atoms with Crippen LogP contribution in [0.4, 0.5) is 0 Å². The third-order valence-corrected chi connectivity index (χ3v) is 3.08. The SMILES string of the molecule is Cc1ccc(C#CCN)c(C(=O)N(C)Cc2ccoc2)c1. The predicted molar refractivity (Wildman–Crippen MR) is 81.6 cm³/mol. The Bertz CT molecular complexity index is 679. The number of hydrogen-bond donors (Lipinski definition) is 1. The van der Waals surface area contributed by atoms with E-state index in [0.29, 0.717) is 17.7 Å². The predicted octanol–water partition coefficient (Wildman–Crippen LogP) is 2.17. The number of rotatable bonds is 3. The second kappa shape index (κ2) is 6.78. The third-order valence-electron chi connectivity index (χ3n) is 3.08. The van der Waals surface area contributed by atoms with Gasteiger partial charge in [0.25, 0.3) is 5.91 Å². The van der Waals surface area contributed by atoms with E-state index in [-0.39, 0.29) is 12.5 Å². The highest BCUT2D eigenvalue weighted by Crippen LogP contribution is 2.15. The van der Waals surface area contributed by atoms with Crippen LogP contribution < -0.4 is 5.73 Å². The fourth-order valence-electron chi connectivity index (χ4n) is 2.02. The van der Waals surface area contributed by atoms with Crippen molar-refractivity contribution in [2.75, 3.05) is 13.6 Å². The van der Waals surface area contributed by atoms with Gasteiger partial charge in [-0.1, -0.05) is 23.5 Å². The second-order valence-corrected chi connectivity index (χ2v) is 4.85. The van der Waals surface area contributed by atoms with Gasteiger partial charge in [0.1, 0.15) is 0 Å². The van der Waals surface area contributed by atoms with Crippen molar-refractivity contribution in [2.45, 2.75) is 13.5 Å². The summed E-state index contributed by atoms with van der Waals surface area (Å²) in [5.41, 5.74) is 8.68. The fraction of sp³-hybridized carbons (Fsp3) is 0.235. The molecule has 0 aliphatic heterocycles. The summed E-state index contributed by atoms with van der Waals surface area (Å²) in [4.78, 5) is 14.2. The molecule has 0 saturated heterocycles. The molecule has 1 amide bonds. The van der Waals surface area contributed by atoms with Crippen molar-refractivity contribution in [3.8, 4) is 11.8 Å². The van der Waals surface area contributed by atoms with Crippen molar-refractivity contribution in [1.82, 2.24) is 4.90 Å². The zero-order chi connectivity index (χ0) is 15.2. The molecule has 1 aromatic carbocycles. The molecule has 0 fully saturated rings. The number of aryl methyl sites for hydroxylation is 1. The minimum atomic E-state index is -0.0683. The van der Waals surface area contributed by atoms with Gasteiger partial charge in [0.2, 0.25) is 0 Å². The van der Waals surface area contributed by atoms with E-state index in [2.05, 4.69) is 11.8 Å². The van der Waals surface area contributed by atoms with E-state index >= 15 is 0 Å². The lowest BCUT2D eigenvalue weighted by Gasteiger charge is -2.17. The number of furan rings is 1. The summed E-state index contributed by atoms with van der Waals surface area (Å²) in [6, 6.07) is 7.49. The molecule has 0 bridgehead atoms. The molecule has 21 heavy (non-hydrogen) atoms. The van der Waals surface area contributed by atoms with Gasteiger partial charge in [-0.2, -0.15) is 0 Å². The van der Waals surface area contributed by atoms with Crippen molar-refractivity contribution in [3.05, 3.63) is 59.0 Å². The highest BCUT2D eigenvalue weighted by Gasteiger charge is 2.16. The van der Waals surface area contributed by atoms with Crippen LogP contribution in [0.1, 0.15) is 27.0 Å². The summed E-state index contributed by atoms with van der Waals surface area (Å²) in [7, 11) is 1.76. The van der Waals surface area contributed by atoms with E-state index in [1.165, 1.54) is 0 Å². The maximum absolute atomic E-state index is 12.6. The number of benzene rings is 1. The molecule has 0 unspecified atom stereocenters. The van der Waals surface area contributed by atoms with Crippen molar-refractivity contribution < 1.29 is 9.21 Å². The van der Waals surface area contributed by atoms with Crippen LogP contribution in [0.2, 0.25) is 0 Å². The van der Waals surface area contributed by atoms with Crippen LogP contribution in [0, 0.1) is 18.8 Å². The van der Waals surface area contributed by atoms with Gasteiger partial charge in [-0.25, -0.2) is 0 Å². The Morgan fingerprint density at radius 3 is 2.86 bits per heavy atom. The highest BCUT2D eigenvalue weighted by atomic mass is 16.3. The first-order chi connectivity index (χ1) is 10.1. The van der Waals surface area contributed by atoms with E-state index in [0.717, 1.165) is 11.1 Å². The van der Waals surface area contributed by atoms with Gasteiger partial charge >= 0.3 is 0 Å². The summed E-state index contributed by atoms with van der Waals surface area (Å²) in [6.45, 7) is 2.71. The summed E-state index contributed by atoms with van der Waals surface area (Å²) < 4.78 is 5.02. The molecular weight excluding hydrogens is 264 g/mol. The zero-order valence-electron chi connectivity index (χ0n) is 12.2. The Morgan fingerprint density at radius 1 is 1.38 bits per heavy atom. The first-order valence-electron chi connectivity index (χ1n) is 6.68. The molecule has 1 heterocycles. The van der Waals surface area contributed by atoms with Gasteiger partial charge in [-0.3, -0.25) is 4.79 Å². The van der Waals surface area contributed by atoms with Crippen LogP contribution in [0.25, 0.3) is 0 Å². The number of nitrogens with zero attached hydrogens (tertiary/aromatic N) is 1. The molecule has 2 aromatic rings. The van der Waals surface area contributed by atoms with Crippen molar-refractivity contribution in [3.63, 3.8) is 0 Å². The molecule has 0 atom stereocenters. The lowest BCUT2D eigenvalue weighted by Crippen LogP contribution is -2.26. The van der Waals surface area contributed by atoms with Gasteiger partial charge < -0.3 is 15.1 Å². The van der Waals surface area contributed by atoms with Crippen LogP contribution >= 0.6 is 0 Å². The Balaban J connectivity index is 2.26. The quantitative estimate of drug-likeness (QED) is 0.878. The highest BCUT2D eigenvalue weighted by molar-refractivity contribution is 5.96. The van der Waals surface area contributed by atoms with Crippen molar-refractivity contribution >= 4 is 5.91 Å². The van der Waals surface area contributed by atoms with E-state index in [1.807, 2.05) is 31.2 Å². The van der Waals surface area contributed by atoms with Crippen LogP contribution in [-0.4, -0.2) is 24.4 Å². The maximum Gasteiger partial charge on any atom is 0.255 e. The smallest absolute Gasteiger partial charge is 0.255 e. The molecule has 0 radical (unpaired) electrons. The normalized spacial score (nSPS) is 9.86. The lowest BCUT2D eigenvalue weighted by atomic mass is 10.0. The Labute approximate surface area is 124 Å². The third kappa shape index (κ3) is 3.74. The van der Waals surface area contributed by atoms with Gasteiger partial charge in [-0.15, -0.1) is 0 Å². The van der Waals surface area contributed by atoms with Crippen molar-refractivity contribution in [2.24, 2.45) is 5.73 Å². The first-order valence-corrected chi connectivity index (χ1v) is 6.68. The summed E-state index contributed by atoms with van der Waals surface area (Å²) >= 11 is 0. The molecule has 0 aliphatic carbocycles. The Morgan fingerprint density at radius 2 is 2.19 bits per heavy atom. The first kappa shape index (κ1) is 14.9. The summed E-state index contributed by atoms with van der Waals surface area (Å²) in [5, 5.41) is 0. The maximum atomic E-state index is 12.6. The number of carbonyl (C=O) groups excluding carboxylic acids is 1. The van der Waals surface area contributed by atoms with E-state index in [1.54, 1.807) is 24.5 Å². The van der Waals surface area contributed by atoms with Crippen LogP contribution in [0.15, 0.2) is 41.2 Å². The van der Waals surface area contributed by atoms with Gasteiger partial charge in [0, 0.05) is 24.7 Å². The van der Waals surface area contributed by atoms with E-state index < -0.39 is 0 Å². The average molecular weight is 282 g/mol. The summed E-state index contributed by atoms with van der Waals surface area (Å²) in [6.07, 6.45) is 3.23. The van der Waals surface area contributed by atoms with Crippen molar-refractivity contribution in [1.29, 1.82) is 0 Å². The second-order valence-electron chi connectivity index (χ2n) is 4.85. The molecule has 0 spiro atoms. The minimum absolute atomic E-state index is 0.0683. The van der Waals surface area contributed by atoms with Crippen LogP contribution in [0.5, 0.6) is 0 Å². The van der Waals surface area contributed by atoms with E-state index in [4.69, 9.17) is 10.2 Å². The molecule has 1 aromatic heterocycles. The molecule has 4 nitrogen and oxygen atoms in total. The Hall–Kier alpha value is -2.51. The van der Waals surface area contributed by atoms with Gasteiger partial charge in [0.15, 0.2) is 0 Å². The van der Waals surface area contributed by atoms with Crippen LogP contribution in [0.3, 0.4) is 0 Å². The largest absolute Gasteiger partial charge is 0.472 e. The minimum Gasteiger partial charge on any atom is -0.472 e. The standard InChI is InChI=1S/C17H18N2O2/c1-13-5-6-15(4-3-8-18)16(10-13)17(20)19(2)11-14-7-9-21-12-14/h5-7,9-10,12H,8,11,18H2,1-2H3. The topological polar surface area (TPSA) is 59.5 Å². The van der Waals surface area contributed by atoms with Gasteiger partial charge in [-0.05, 0) is 25.1 Å². The number of carbonyl (C=O) groups is 1. The monoisotopic (exact) mass is 282 g/mol. The number of hydrogen-bond acceptors (Lipinski definition) is 3.